The highest BCUT2D eigenvalue weighted by Gasteiger charge is 2.17. The summed E-state index contributed by atoms with van der Waals surface area (Å²) in [5.41, 5.74) is 5.71. The van der Waals surface area contributed by atoms with Gasteiger partial charge in [0.05, 0.1) is 22.4 Å². The van der Waals surface area contributed by atoms with E-state index in [2.05, 4.69) is 0 Å². The zero-order chi connectivity index (χ0) is 14.7. The van der Waals surface area contributed by atoms with E-state index >= 15 is 0 Å². The van der Waals surface area contributed by atoms with Crippen LogP contribution in [0.25, 0.3) is 0 Å². The Hall–Kier alpha value is -2.27. The summed E-state index contributed by atoms with van der Waals surface area (Å²) in [7, 11) is 0. The lowest BCUT2D eigenvalue weighted by molar-refractivity contribution is 0.0695. The second-order valence-corrected chi connectivity index (χ2v) is 4.65. The summed E-state index contributed by atoms with van der Waals surface area (Å²) in [5.74, 6) is -1.13. The summed E-state index contributed by atoms with van der Waals surface area (Å²) >= 11 is 5.94. The van der Waals surface area contributed by atoms with Gasteiger partial charge in [-0.25, -0.2) is 4.79 Å². The molecule has 2 rings (SSSR count). The molecule has 2 aromatic rings. The van der Waals surface area contributed by atoms with Crippen molar-refractivity contribution in [2.75, 3.05) is 0 Å². The Kier molecular flexibility index (Phi) is 4.10. The van der Waals surface area contributed by atoms with E-state index in [1.807, 2.05) is 0 Å². The van der Waals surface area contributed by atoms with Crippen LogP contribution >= 0.6 is 11.6 Å². The third-order valence-electron chi connectivity index (χ3n) is 2.91. The van der Waals surface area contributed by atoms with Crippen molar-refractivity contribution in [1.29, 1.82) is 0 Å². The molecule has 0 atom stereocenters. The zero-order valence-electron chi connectivity index (χ0n) is 10.4. The average Bonchev–Trinajstić information content (AvgIpc) is 2.88. The minimum absolute atomic E-state index is 0.00538. The Balaban J connectivity index is 2.33. The average molecular weight is 294 g/mol. The van der Waals surface area contributed by atoms with Crippen LogP contribution in [0.1, 0.15) is 32.0 Å². The third-order valence-corrected chi connectivity index (χ3v) is 3.22. The molecule has 0 aliphatic rings. The number of rotatable bonds is 5. The molecule has 0 aliphatic carbocycles. The van der Waals surface area contributed by atoms with Crippen LogP contribution in [-0.4, -0.2) is 17.0 Å². The van der Waals surface area contributed by atoms with Crippen LogP contribution < -0.4 is 5.73 Å². The maximum absolute atomic E-state index is 11.3. The van der Waals surface area contributed by atoms with Crippen molar-refractivity contribution in [2.45, 2.75) is 12.8 Å². The van der Waals surface area contributed by atoms with Crippen LogP contribution in [0.2, 0.25) is 5.02 Å². The van der Waals surface area contributed by atoms with Gasteiger partial charge < -0.3 is 15.3 Å². The van der Waals surface area contributed by atoms with E-state index in [1.165, 1.54) is 12.1 Å². The normalized spacial score (nSPS) is 10.4. The number of amides is 1. The molecule has 0 radical (unpaired) electrons. The molecule has 1 aromatic heterocycles. The molecule has 0 fully saturated rings. The lowest BCUT2D eigenvalue weighted by Crippen LogP contribution is -2.14. The molecule has 6 heteroatoms. The fourth-order valence-electron chi connectivity index (χ4n) is 1.92. The molecule has 0 bridgehead atoms. The predicted molar refractivity (Wildman–Crippen MR) is 73.0 cm³/mol. The van der Waals surface area contributed by atoms with Crippen LogP contribution in [0.4, 0.5) is 0 Å². The number of hydrogen-bond acceptors (Lipinski definition) is 3. The SMILES string of the molecule is NC(=O)c1cc(C(=O)O)c(CCc2ccco2)cc1Cl. The number of aromatic carboxylic acids is 1. The van der Waals surface area contributed by atoms with Crippen molar-refractivity contribution in [2.24, 2.45) is 5.73 Å². The third kappa shape index (κ3) is 3.00. The van der Waals surface area contributed by atoms with Gasteiger partial charge in [0.15, 0.2) is 0 Å². The summed E-state index contributed by atoms with van der Waals surface area (Å²) in [6.45, 7) is 0. The summed E-state index contributed by atoms with van der Waals surface area (Å²) in [6, 6.07) is 6.24. The minimum Gasteiger partial charge on any atom is -0.478 e. The standard InChI is InChI=1S/C14H12ClNO4/c15-12-6-8(3-4-9-2-1-5-20-9)10(14(18)19)7-11(12)13(16)17/h1-2,5-7H,3-4H2,(H2,16,17)(H,18,19). The first kappa shape index (κ1) is 14.1. The maximum atomic E-state index is 11.3. The number of nitrogens with two attached hydrogens (primary N) is 1. The van der Waals surface area contributed by atoms with Gasteiger partial charge in [0.1, 0.15) is 5.76 Å². The van der Waals surface area contributed by atoms with Gasteiger partial charge in [-0.05, 0) is 36.2 Å². The maximum Gasteiger partial charge on any atom is 0.335 e. The highest BCUT2D eigenvalue weighted by Crippen LogP contribution is 2.23. The highest BCUT2D eigenvalue weighted by molar-refractivity contribution is 6.34. The van der Waals surface area contributed by atoms with Gasteiger partial charge in [-0.15, -0.1) is 0 Å². The number of furan rings is 1. The van der Waals surface area contributed by atoms with Gasteiger partial charge in [0.25, 0.3) is 0 Å². The summed E-state index contributed by atoms with van der Waals surface area (Å²) in [4.78, 5) is 22.4. The van der Waals surface area contributed by atoms with Crippen molar-refractivity contribution in [3.63, 3.8) is 0 Å². The molecule has 0 spiro atoms. The first-order valence-electron chi connectivity index (χ1n) is 5.87. The van der Waals surface area contributed by atoms with E-state index in [0.717, 1.165) is 5.76 Å². The molecule has 5 nitrogen and oxygen atoms in total. The second kappa shape index (κ2) is 5.79. The van der Waals surface area contributed by atoms with E-state index in [9.17, 15) is 14.7 Å². The quantitative estimate of drug-likeness (QED) is 0.885. The molecule has 1 amide bonds. The number of carboxylic acid groups (broad SMARTS) is 1. The second-order valence-electron chi connectivity index (χ2n) is 4.24. The van der Waals surface area contributed by atoms with E-state index in [4.69, 9.17) is 21.8 Å². The molecule has 0 saturated carbocycles. The number of halogens is 1. The molecule has 1 heterocycles. The van der Waals surface area contributed by atoms with Gasteiger partial charge in [-0.1, -0.05) is 11.6 Å². The molecule has 20 heavy (non-hydrogen) atoms. The van der Waals surface area contributed by atoms with Gasteiger partial charge in [0.2, 0.25) is 5.91 Å². The Labute approximate surface area is 120 Å². The van der Waals surface area contributed by atoms with Crippen molar-refractivity contribution < 1.29 is 19.1 Å². The molecule has 104 valence electrons. The Morgan fingerprint density at radius 2 is 2.00 bits per heavy atom. The van der Waals surface area contributed by atoms with Gasteiger partial charge in [0, 0.05) is 6.42 Å². The molecule has 0 aliphatic heterocycles. The highest BCUT2D eigenvalue weighted by atomic mass is 35.5. The number of primary amides is 1. The fourth-order valence-corrected chi connectivity index (χ4v) is 2.20. The molecule has 1 aromatic carbocycles. The van der Waals surface area contributed by atoms with Crippen LogP contribution in [0.15, 0.2) is 34.9 Å². The summed E-state index contributed by atoms with van der Waals surface area (Å²) < 4.78 is 5.19. The number of carboxylic acids is 1. The Morgan fingerprint density at radius 1 is 1.25 bits per heavy atom. The van der Waals surface area contributed by atoms with Gasteiger partial charge >= 0.3 is 5.97 Å². The number of carbonyl (C=O) groups is 2. The molecular weight excluding hydrogens is 282 g/mol. The lowest BCUT2D eigenvalue weighted by atomic mass is 9.99. The van der Waals surface area contributed by atoms with Crippen LogP contribution in [-0.2, 0) is 12.8 Å². The zero-order valence-corrected chi connectivity index (χ0v) is 11.2. The number of carbonyl (C=O) groups excluding carboxylic acids is 1. The number of aryl methyl sites for hydroxylation is 2. The van der Waals surface area contributed by atoms with Gasteiger partial charge in [-0.3, -0.25) is 4.79 Å². The molecular formula is C14H12ClNO4. The van der Waals surface area contributed by atoms with Crippen LogP contribution in [0, 0.1) is 0 Å². The Morgan fingerprint density at radius 3 is 2.55 bits per heavy atom. The first-order valence-corrected chi connectivity index (χ1v) is 6.24. The molecule has 0 saturated heterocycles. The van der Waals surface area contributed by atoms with Crippen LogP contribution in [0.3, 0.4) is 0 Å². The monoisotopic (exact) mass is 293 g/mol. The van der Waals surface area contributed by atoms with E-state index in [-0.39, 0.29) is 16.1 Å². The fraction of sp³-hybridized carbons (Fsp3) is 0.143. The Bertz CT molecular complexity index is 649. The first-order chi connectivity index (χ1) is 9.49. The van der Waals surface area contributed by atoms with E-state index in [1.54, 1.807) is 18.4 Å². The van der Waals surface area contributed by atoms with E-state index in [0.29, 0.717) is 18.4 Å². The van der Waals surface area contributed by atoms with E-state index < -0.39 is 11.9 Å². The number of benzene rings is 1. The van der Waals surface area contributed by atoms with Crippen molar-refractivity contribution in [3.05, 3.63) is 58.0 Å². The van der Waals surface area contributed by atoms with Crippen LogP contribution in [0.5, 0.6) is 0 Å². The van der Waals surface area contributed by atoms with Crippen molar-refractivity contribution >= 4 is 23.5 Å². The topological polar surface area (TPSA) is 93.5 Å². The molecule has 3 N–H and O–H groups in total. The molecule has 0 unspecified atom stereocenters. The largest absolute Gasteiger partial charge is 0.478 e. The number of hydrogen-bond donors (Lipinski definition) is 2. The minimum atomic E-state index is -1.13. The smallest absolute Gasteiger partial charge is 0.335 e. The summed E-state index contributed by atoms with van der Waals surface area (Å²) in [6.07, 6.45) is 2.53. The van der Waals surface area contributed by atoms with Crippen molar-refractivity contribution in [1.82, 2.24) is 0 Å². The van der Waals surface area contributed by atoms with Gasteiger partial charge in [-0.2, -0.15) is 0 Å². The lowest BCUT2D eigenvalue weighted by Gasteiger charge is -2.09. The summed E-state index contributed by atoms with van der Waals surface area (Å²) in [5, 5.41) is 9.35. The predicted octanol–water partition coefficient (Wildman–Crippen LogP) is 2.52. The van der Waals surface area contributed by atoms with Crippen molar-refractivity contribution in [3.8, 4) is 0 Å².